The molecule has 0 spiro atoms. The van der Waals surface area contributed by atoms with Gasteiger partial charge in [0, 0.05) is 6.07 Å². The third kappa shape index (κ3) is 5.44. The number of hydrogen-bond donors (Lipinski definition) is 1. The minimum absolute atomic E-state index is 0. The molecule has 10 heteroatoms. The van der Waals surface area contributed by atoms with Gasteiger partial charge in [0.2, 0.25) is 5.75 Å². The Bertz CT molecular complexity index is 639. The summed E-state index contributed by atoms with van der Waals surface area (Å²) in [5.74, 6) is -0.303. The summed E-state index contributed by atoms with van der Waals surface area (Å²) < 4.78 is 39.0. The molecule has 1 aromatic rings. The number of benzene rings is 1. The number of nitrogens with zero attached hydrogens (tertiary/aromatic N) is 1. The summed E-state index contributed by atoms with van der Waals surface area (Å²) in [6.07, 6.45) is 0. The van der Waals surface area contributed by atoms with Crippen LogP contribution in [0, 0.1) is 10.1 Å². The molecule has 0 bridgehead atoms. The Morgan fingerprint density at radius 1 is 1.29 bits per heavy atom. The number of methoxy groups -OCH3 is 1. The molecule has 0 aliphatic carbocycles. The van der Waals surface area contributed by atoms with Crippen LogP contribution in [0.15, 0.2) is 12.1 Å². The van der Waals surface area contributed by atoms with Gasteiger partial charge in [0.1, 0.15) is 0 Å². The second-order valence-electron chi connectivity index (χ2n) is 5.14. The molecule has 0 saturated heterocycles. The van der Waals surface area contributed by atoms with Crippen molar-refractivity contribution in [2.24, 2.45) is 0 Å². The molecule has 0 amide bonds. The van der Waals surface area contributed by atoms with Crippen molar-refractivity contribution in [3.05, 3.63) is 27.8 Å². The molecule has 0 aromatic heterocycles. The first-order valence-electron chi connectivity index (χ1n) is 5.56. The Hall–Kier alpha value is -0.870. The molecule has 0 atom stereocenters. The second kappa shape index (κ2) is 6.93. The number of nitrogens with one attached hydrogen (secondary N) is 1. The minimum Gasteiger partial charge on any atom is -0.731 e. The monoisotopic (exact) mass is 326 g/mol. The van der Waals surface area contributed by atoms with Crippen LogP contribution in [0.2, 0.25) is 0 Å². The molecule has 1 rings (SSSR count). The molecule has 0 heterocycles. The maximum absolute atomic E-state index is 11.0. The van der Waals surface area contributed by atoms with E-state index >= 15 is 0 Å². The Morgan fingerprint density at radius 3 is 2.14 bits per heavy atom. The fraction of sp³-hybridized carbons (Fsp3) is 0.455. The zero-order valence-corrected chi connectivity index (χ0v) is 15.3. The van der Waals surface area contributed by atoms with E-state index in [9.17, 15) is 23.1 Å². The van der Waals surface area contributed by atoms with Crippen LogP contribution in [-0.4, -0.2) is 25.0 Å². The molecule has 21 heavy (non-hydrogen) atoms. The number of rotatable bonds is 4. The van der Waals surface area contributed by atoms with Crippen LogP contribution in [0.5, 0.6) is 5.75 Å². The van der Waals surface area contributed by atoms with Crippen LogP contribution < -0.4 is 39.0 Å². The number of ether oxygens (including phenoxy) is 1. The van der Waals surface area contributed by atoms with Gasteiger partial charge in [0.05, 0.1) is 17.7 Å². The number of nitro groups is 1. The van der Waals surface area contributed by atoms with Gasteiger partial charge in [-0.05, 0) is 17.0 Å². The molecule has 8 nitrogen and oxygen atoms in total. The normalized spacial score (nSPS) is 11.5. The van der Waals surface area contributed by atoms with Crippen LogP contribution in [0.4, 0.5) is 11.4 Å². The summed E-state index contributed by atoms with van der Waals surface area (Å²) in [7, 11) is -3.66. The molecule has 0 aliphatic heterocycles. The van der Waals surface area contributed by atoms with Crippen molar-refractivity contribution < 1.29 is 52.2 Å². The van der Waals surface area contributed by atoms with Gasteiger partial charge >= 0.3 is 35.2 Å². The van der Waals surface area contributed by atoms with Crippen LogP contribution in [-0.2, 0) is 15.7 Å². The summed E-state index contributed by atoms with van der Waals surface area (Å²) in [6, 6.07) is 2.64. The molecule has 0 fully saturated rings. The van der Waals surface area contributed by atoms with E-state index in [2.05, 4.69) is 0 Å². The van der Waals surface area contributed by atoms with Crippen molar-refractivity contribution in [1.82, 2.24) is 0 Å². The first-order valence-corrected chi connectivity index (χ1v) is 6.97. The van der Waals surface area contributed by atoms with E-state index < -0.39 is 26.3 Å². The van der Waals surface area contributed by atoms with Gasteiger partial charge in [-0.1, -0.05) is 20.8 Å². The third-order valence-electron chi connectivity index (χ3n) is 2.57. The van der Waals surface area contributed by atoms with Crippen LogP contribution in [0.25, 0.3) is 0 Å². The average Bonchev–Trinajstić information content (AvgIpc) is 2.24. The Morgan fingerprint density at radius 2 is 1.81 bits per heavy atom. The predicted molar refractivity (Wildman–Crippen MR) is 71.7 cm³/mol. The van der Waals surface area contributed by atoms with Gasteiger partial charge in [-0.15, -0.1) is 0 Å². The van der Waals surface area contributed by atoms with Crippen LogP contribution in [0.3, 0.4) is 0 Å². The van der Waals surface area contributed by atoms with E-state index in [0.29, 0.717) is 5.56 Å². The summed E-state index contributed by atoms with van der Waals surface area (Å²) in [4.78, 5) is 10.4. The van der Waals surface area contributed by atoms with Gasteiger partial charge in [-0.2, -0.15) is 0 Å². The SMILES string of the molecule is COc1c(NS(=O)(=O)[O-])cc(C(C)(C)C)cc1[N+](=O)[O-].[Na+]. The molecule has 112 valence electrons. The Kier molecular flexibility index (Phi) is 6.64. The van der Waals surface area contributed by atoms with Gasteiger partial charge < -0.3 is 9.29 Å². The van der Waals surface area contributed by atoms with Gasteiger partial charge in [-0.25, -0.2) is 8.42 Å². The topological polar surface area (TPSA) is 122 Å². The van der Waals surface area contributed by atoms with E-state index in [-0.39, 0.29) is 41.0 Å². The standard InChI is InChI=1S/C11H16N2O6S.Na/c1-11(2,3)7-5-8(12-20(16,17)18)10(19-4)9(6-7)13(14)15;/h5-6,12H,1-4H3,(H,16,17,18);/q;+1/p-1. The molecule has 0 saturated carbocycles. The third-order valence-corrected chi connectivity index (χ3v) is 3.04. The maximum atomic E-state index is 11.0. The van der Waals surface area contributed by atoms with E-state index in [0.717, 1.165) is 7.11 Å². The van der Waals surface area contributed by atoms with Crippen molar-refractivity contribution in [3.63, 3.8) is 0 Å². The first kappa shape index (κ1) is 20.1. The first-order chi connectivity index (χ1) is 8.95. The fourth-order valence-corrected chi connectivity index (χ4v) is 2.03. The molecule has 1 N–H and O–H groups in total. The minimum atomic E-state index is -4.82. The molecular weight excluding hydrogens is 311 g/mol. The Balaban J connectivity index is 0.00000400. The fourth-order valence-electron chi connectivity index (χ4n) is 1.61. The summed E-state index contributed by atoms with van der Waals surface area (Å²) >= 11 is 0. The van der Waals surface area contributed by atoms with Gasteiger partial charge in [0.25, 0.3) is 0 Å². The van der Waals surface area contributed by atoms with Crippen molar-refractivity contribution in [3.8, 4) is 5.75 Å². The average molecular weight is 326 g/mol. The van der Waals surface area contributed by atoms with E-state index in [1.807, 2.05) is 0 Å². The Labute approximate surface area is 145 Å². The quantitative estimate of drug-likeness (QED) is 0.320. The molecule has 0 unspecified atom stereocenters. The molecular formula is C11H15N2NaO6S. The smallest absolute Gasteiger partial charge is 0.731 e. The van der Waals surface area contributed by atoms with Gasteiger partial charge in [0.15, 0.2) is 10.3 Å². The van der Waals surface area contributed by atoms with E-state index in [4.69, 9.17) is 4.74 Å². The largest absolute Gasteiger partial charge is 1.00 e. The van der Waals surface area contributed by atoms with E-state index in [1.165, 1.54) is 12.1 Å². The van der Waals surface area contributed by atoms with Crippen LogP contribution in [0.1, 0.15) is 26.3 Å². The molecule has 0 radical (unpaired) electrons. The number of anilines is 1. The molecule has 0 aliphatic rings. The zero-order valence-electron chi connectivity index (χ0n) is 12.5. The van der Waals surface area contributed by atoms with Crippen molar-refractivity contribution in [1.29, 1.82) is 0 Å². The predicted octanol–water partition coefficient (Wildman–Crippen LogP) is -1.22. The summed E-state index contributed by atoms with van der Waals surface area (Å²) in [6.45, 7) is 5.40. The van der Waals surface area contributed by atoms with Crippen LogP contribution >= 0.6 is 0 Å². The number of nitro benzene ring substituents is 1. The van der Waals surface area contributed by atoms with Crippen molar-refractivity contribution in [2.45, 2.75) is 26.2 Å². The van der Waals surface area contributed by atoms with Crippen molar-refractivity contribution >= 4 is 21.7 Å². The summed E-state index contributed by atoms with van der Waals surface area (Å²) in [5, 5.41) is 11.0. The van der Waals surface area contributed by atoms with Gasteiger partial charge in [-0.3, -0.25) is 14.8 Å². The number of hydrogen-bond acceptors (Lipinski definition) is 6. The summed E-state index contributed by atoms with van der Waals surface area (Å²) in [5.41, 5.74) is -0.635. The van der Waals surface area contributed by atoms with Crippen molar-refractivity contribution in [2.75, 3.05) is 11.8 Å². The van der Waals surface area contributed by atoms with E-state index in [1.54, 1.807) is 25.5 Å². The second-order valence-corrected chi connectivity index (χ2v) is 6.25. The maximum Gasteiger partial charge on any atom is 1.00 e. The zero-order chi connectivity index (χ0) is 15.7. The molecule has 1 aromatic carbocycles.